The van der Waals surface area contributed by atoms with E-state index in [4.69, 9.17) is 9.47 Å². The van der Waals surface area contributed by atoms with Gasteiger partial charge in [0.1, 0.15) is 24.3 Å². The number of rotatable bonds is 3. The Morgan fingerprint density at radius 2 is 1.62 bits per heavy atom. The molecular formula is C38H46F2N6O8S. The minimum absolute atomic E-state index is 0.161. The number of carbonyl (C=O) groups is 4. The molecule has 8 rings (SSSR count). The van der Waals surface area contributed by atoms with E-state index in [0.717, 1.165) is 38.2 Å². The smallest absolute Gasteiger partial charge is 0.407 e. The van der Waals surface area contributed by atoms with E-state index in [-0.39, 0.29) is 43.1 Å². The van der Waals surface area contributed by atoms with Crippen LogP contribution in [0.2, 0.25) is 0 Å². The van der Waals surface area contributed by atoms with Crippen LogP contribution in [0.5, 0.6) is 5.88 Å². The third-order valence-electron chi connectivity index (χ3n) is 12.2. The number of allylic oxidation sites excluding steroid dienone is 1. The van der Waals surface area contributed by atoms with Gasteiger partial charge in [0.15, 0.2) is 5.69 Å². The Labute approximate surface area is 317 Å². The van der Waals surface area contributed by atoms with Gasteiger partial charge in [-0.2, -0.15) is 8.78 Å². The molecule has 14 nitrogen and oxygen atoms in total. The largest absolute Gasteiger partial charge is 0.470 e. The summed E-state index contributed by atoms with van der Waals surface area (Å²) in [5, 5.41) is 4.90. The van der Waals surface area contributed by atoms with Crippen molar-refractivity contribution in [2.45, 2.75) is 112 Å². The van der Waals surface area contributed by atoms with Gasteiger partial charge in [-0.05, 0) is 69.1 Å². The predicted octanol–water partition coefficient (Wildman–Crippen LogP) is 3.99. The van der Waals surface area contributed by atoms with Crippen molar-refractivity contribution in [2.75, 3.05) is 19.7 Å². The van der Waals surface area contributed by atoms with Gasteiger partial charge in [-0.25, -0.2) is 23.2 Å². The van der Waals surface area contributed by atoms with Gasteiger partial charge in [0, 0.05) is 12.0 Å². The molecule has 3 saturated carbocycles. The van der Waals surface area contributed by atoms with Gasteiger partial charge >= 0.3 is 12.0 Å². The maximum atomic E-state index is 16.4. The first-order valence-corrected chi connectivity index (χ1v) is 20.9. The van der Waals surface area contributed by atoms with Crippen LogP contribution in [-0.4, -0.2) is 89.7 Å². The van der Waals surface area contributed by atoms with Gasteiger partial charge in [-0.3, -0.25) is 19.1 Å². The molecule has 2 aromatic rings. The Hall–Kier alpha value is -4.41. The van der Waals surface area contributed by atoms with E-state index < -0.39 is 85.6 Å². The molecule has 5 fully saturated rings. The number of halogens is 2. The lowest BCUT2D eigenvalue weighted by Gasteiger charge is -2.39. The number of alkyl halides is 2. The van der Waals surface area contributed by atoms with Gasteiger partial charge in [0.25, 0.3) is 5.91 Å². The molecule has 17 heteroatoms. The van der Waals surface area contributed by atoms with Crippen LogP contribution in [0.3, 0.4) is 0 Å². The SMILES string of the molecule is O=C1N[C@H]2CCCCCCC[C@@H]3C[C@]3(C(=O)NS(=O)(=O)C3CC3)NC(=O)C3CN(C[C@@H]3Oc3nc4ccccc4nc3C(F)(F)C=CC3(CCC3)CO1)C2=O. The summed E-state index contributed by atoms with van der Waals surface area (Å²) in [7, 11) is -3.93. The van der Waals surface area contributed by atoms with Gasteiger partial charge in [0.05, 0.1) is 28.7 Å². The summed E-state index contributed by atoms with van der Waals surface area (Å²) in [5.41, 5.74) is -2.66. The number of nitrogens with zero attached hydrogens (tertiary/aromatic N) is 3. The summed E-state index contributed by atoms with van der Waals surface area (Å²) in [6, 6.07) is 5.46. The third kappa shape index (κ3) is 7.60. The van der Waals surface area contributed by atoms with Crippen LogP contribution in [-0.2, 0) is 35.1 Å². The molecule has 296 valence electrons. The van der Waals surface area contributed by atoms with Gasteiger partial charge < -0.3 is 25.0 Å². The average molecular weight is 785 g/mol. The summed E-state index contributed by atoms with van der Waals surface area (Å²) in [6.45, 7) is -0.631. The highest BCUT2D eigenvalue weighted by Crippen LogP contribution is 2.49. The molecule has 4 heterocycles. The first-order chi connectivity index (χ1) is 26.3. The summed E-state index contributed by atoms with van der Waals surface area (Å²) >= 11 is 0. The second kappa shape index (κ2) is 14.3. The number of fused-ring (bicyclic) bond motifs is 7. The molecule has 6 aliphatic rings. The standard InChI is InChI=1S/C38H46F2N6O8S/c39-38(40)18-17-36(15-8-16-36)22-53-35(50)43-28-12-5-3-1-2-4-9-23-19-37(23,34(49)45-55(51,52)24-13-14-24)44-31(47)25-20-46(33(28)48)21-29(25)54-32-30(38)41-26-10-6-7-11-27(26)42-32/h6-7,10-11,17-18,23-25,28-29H,1-5,8-9,12-16,19-22H2,(H,43,50)(H,44,47)(H,45,49)/t23-,25?,28+,29+,37+/m1/s1. The predicted molar refractivity (Wildman–Crippen MR) is 193 cm³/mol. The van der Waals surface area contributed by atoms with Crippen LogP contribution in [0.4, 0.5) is 13.6 Å². The number of carbonyl (C=O) groups excluding carboxylic acids is 4. The van der Waals surface area contributed by atoms with E-state index >= 15 is 8.78 Å². The van der Waals surface area contributed by atoms with E-state index in [0.29, 0.717) is 44.9 Å². The first-order valence-electron chi connectivity index (χ1n) is 19.4. The number of amides is 4. The third-order valence-corrected chi connectivity index (χ3v) is 14.0. The van der Waals surface area contributed by atoms with Gasteiger partial charge in [0.2, 0.25) is 27.7 Å². The highest BCUT2D eigenvalue weighted by atomic mass is 32.2. The molecule has 1 aromatic carbocycles. The quantitative estimate of drug-likeness (QED) is 0.385. The Kier molecular flexibility index (Phi) is 9.73. The summed E-state index contributed by atoms with van der Waals surface area (Å²) in [4.78, 5) is 65.7. The van der Waals surface area contributed by atoms with Crippen molar-refractivity contribution < 1.29 is 45.9 Å². The van der Waals surface area contributed by atoms with Crippen LogP contribution in [0.15, 0.2) is 36.4 Å². The Morgan fingerprint density at radius 1 is 0.909 bits per heavy atom. The number of para-hydroxylation sites is 2. The van der Waals surface area contributed by atoms with Crippen LogP contribution in [0, 0.1) is 17.3 Å². The zero-order valence-electron chi connectivity index (χ0n) is 30.4. The molecule has 4 bridgehead atoms. The molecule has 1 spiro atoms. The van der Waals surface area contributed by atoms with E-state index in [1.54, 1.807) is 24.3 Å². The first kappa shape index (κ1) is 37.5. The van der Waals surface area contributed by atoms with Crippen LogP contribution < -0.4 is 20.1 Å². The normalized spacial score (nSPS) is 31.0. The van der Waals surface area contributed by atoms with Crippen molar-refractivity contribution >= 4 is 44.9 Å². The lowest BCUT2D eigenvalue weighted by Crippen LogP contribution is -2.55. The number of ether oxygens (including phenoxy) is 2. The zero-order chi connectivity index (χ0) is 38.6. The molecule has 0 radical (unpaired) electrons. The summed E-state index contributed by atoms with van der Waals surface area (Å²) < 4.78 is 72.5. The zero-order valence-corrected chi connectivity index (χ0v) is 31.3. The fraction of sp³-hybridized carbons (Fsp3) is 0.632. The minimum Gasteiger partial charge on any atom is -0.470 e. The molecule has 5 atom stereocenters. The molecule has 2 saturated heterocycles. The van der Waals surface area contributed by atoms with E-state index in [1.807, 2.05) is 0 Å². The van der Waals surface area contributed by atoms with Crippen molar-refractivity contribution in [3.8, 4) is 5.88 Å². The monoisotopic (exact) mass is 784 g/mol. The highest BCUT2D eigenvalue weighted by Gasteiger charge is 2.62. The highest BCUT2D eigenvalue weighted by molar-refractivity contribution is 7.91. The van der Waals surface area contributed by atoms with Crippen molar-refractivity contribution in [2.24, 2.45) is 17.3 Å². The van der Waals surface area contributed by atoms with Crippen LogP contribution in [0.25, 0.3) is 11.0 Å². The molecule has 55 heavy (non-hydrogen) atoms. The van der Waals surface area contributed by atoms with Crippen molar-refractivity contribution in [1.82, 2.24) is 30.2 Å². The lowest BCUT2D eigenvalue weighted by atomic mass is 9.69. The summed E-state index contributed by atoms with van der Waals surface area (Å²) in [6.07, 6.45) is 7.55. The van der Waals surface area contributed by atoms with Crippen molar-refractivity contribution in [1.29, 1.82) is 0 Å². The second-order valence-electron chi connectivity index (χ2n) is 16.2. The Bertz CT molecular complexity index is 2020. The molecule has 1 unspecified atom stereocenters. The topological polar surface area (TPSA) is 186 Å². The van der Waals surface area contributed by atoms with E-state index in [2.05, 4.69) is 25.3 Å². The van der Waals surface area contributed by atoms with Gasteiger partial charge in [-0.15, -0.1) is 0 Å². The fourth-order valence-corrected chi connectivity index (χ4v) is 9.77. The maximum Gasteiger partial charge on any atom is 0.407 e. The Balaban J connectivity index is 1.18. The van der Waals surface area contributed by atoms with Gasteiger partial charge in [-0.1, -0.05) is 56.7 Å². The molecule has 3 aliphatic heterocycles. The summed E-state index contributed by atoms with van der Waals surface area (Å²) in [5.74, 6) is -7.77. The van der Waals surface area contributed by atoms with Crippen LogP contribution >= 0.6 is 0 Å². The van der Waals surface area contributed by atoms with Crippen molar-refractivity contribution in [3.05, 3.63) is 42.1 Å². The van der Waals surface area contributed by atoms with E-state index in [1.165, 1.54) is 11.0 Å². The number of cyclic esters (lactones) is 1. The number of hydrogen-bond donors (Lipinski definition) is 3. The van der Waals surface area contributed by atoms with Crippen molar-refractivity contribution in [3.63, 3.8) is 0 Å². The number of hydrogen-bond acceptors (Lipinski definition) is 10. The average Bonchev–Trinajstić information content (AvgIpc) is 4.06. The number of aromatic nitrogens is 2. The maximum absolute atomic E-state index is 16.4. The lowest BCUT2D eigenvalue weighted by molar-refractivity contribution is -0.134. The second-order valence-corrected chi connectivity index (χ2v) is 18.2. The molecule has 3 aliphatic carbocycles. The number of alkyl carbamates (subject to hydrolysis) is 1. The van der Waals surface area contributed by atoms with E-state index in [9.17, 15) is 27.6 Å². The molecule has 1 aromatic heterocycles. The number of nitrogens with one attached hydrogen (secondary N) is 3. The molecular weight excluding hydrogens is 739 g/mol. The minimum atomic E-state index is -3.93. The molecule has 3 N–H and O–H groups in total. The number of sulfonamides is 1. The fourth-order valence-electron chi connectivity index (χ4n) is 8.40. The molecule has 4 amide bonds. The Morgan fingerprint density at radius 3 is 2.33 bits per heavy atom. The van der Waals surface area contributed by atoms with Crippen LogP contribution in [0.1, 0.15) is 89.2 Å². The number of benzene rings is 1.